The monoisotopic (exact) mass is 270 g/mol. The Morgan fingerprint density at radius 3 is 2.06 bits per heavy atom. The van der Waals surface area contributed by atoms with Crippen LogP contribution in [0.25, 0.3) is 0 Å². The van der Waals surface area contributed by atoms with Crippen molar-refractivity contribution < 1.29 is 8.23 Å². The van der Waals surface area contributed by atoms with Crippen LogP contribution in [0.15, 0.2) is 30.3 Å². The Bertz CT molecular complexity index is 325. The maximum atomic E-state index is 6.34. The van der Waals surface area contributed by atoms with E-state index in [0.29, 0.717) is 0 Å². The molecular weight excluding hydrogens is 248 g/mol. The molecule has 0 unspecified atom stereocenters. The molecule has 0 amide bonds. The molecule has 0 aliphatic carbocycles. The molecule has 0 fully saturated rings. The molecule has 0 aromatic heterocycles. The van der Waals surface area contributed by atoms with Gasteiger partial charge >= 0.3 is 8.56 Å². The summed E-state index contributed by atoms with van der Waals surface area (Å²) in [6, 6.07) is 10.5. The third-order valence-corrected chi connectivity index (χ3v) is 12.1. The molecular formula is C11H22O2Si3. The van der Waals surface area contributed by atoms with Crippen LogP contribution in [0.2, 0.25) is 32.7 Å². The minimum Gasteiger partial charge on any atom is -0.442 e. The van der Waals surface area contributed by atoms with Crippen LogP contribution in [0.5, 0.6) is 0 Å². The first kappa shape index (κ1) is 13.9. The Kier molecular flexibility index (Phi) is 4.69. The lowest BCUT2D eigenvalue weighted by atomic mass is 10.4. The van der Waals surface area contributed by atoms with Crippen molar-refractivity contribution in [1.82, 2.24) is 0 Å². The van der Waals surface area contributed by atoms with Gasteiger partial charge in [-0.1, -0.05) is 36.9 Å². The van der Waals surface area contributed by atoms with Crippen LogP contribution in [-0.4, -0.2) is 26.6 Å². The zero-order valence-corrected chi connectivity index (χ0v) is 14.3. The smallest absolute Gasteiger partial charge is 0.311 e. The minimum atomic E-state index is -1.90. The first-order chi connectivity index (χ1) is 7.37. The number of hydrogen-bond donors (Lipinski definition) is 0. The molecule has 0 radical (unpaired) electrons. The van der Waals surface area contributed by atoms with E-state index in [0.717, 1.165) is 0 Å². The molecule has 0 N–H and O–H groups in total. The van der Waals surface area contributed by atoms with Gasteiger partial charge in [-0.25, -0.2) is 0 Å². The van der Waals surface area contributed by atoms with E-state index in [9.17, 15) is 0 Å². The summed E-state index contributed by atoms with van der Waals surface area (Å²) in [5.74, 6) is 0. The van der Waals surface area contributed by atoms with Crippen LogP contribution in [0.3, 0.4) is 0 Å². The van der Waals surface area contributed by atoms with Crippen LogP contribution in [0.4, 0.5) is 0 Å². The van der Waals surface area contributed by atoms with Crippen LogP contribution < -0.4 is 5.19 Å². The zero-order valence-electron chi connectivity index (χ0n) is 10.9. The van der Waals surface area contributed by atoms with Crippen LogP contribution in [0, 0.1) is 0 Å². The van der Waals surface area contributed by atoms with Gasteiger partial charge in [0.05, 0.1) is 0 Å². The van der Waals surface area contributed by atoms with Crippen LogP contribution in [-0.2, 0) is 8.23 Å². The van der Waals surface area contributed by atoms with E-state index in [1.54, 1.807) is 0 Å². The van der Waals surface area contributed by atoms with Crippen molar-refractivity contribution in [2.75, 3.05) is 0 Å². The second-order valence-corrected chi connectivity index (χ2v) is 13.8. The Morgan fingerprint density at radius 2 is 1.56 bits per heavy atom. The summed E-state index contributed by atoms with van der Waals surface area (Å²) >= 11 is 0. The molecule has 1 aromatic carbocycles. The van der Waals surface area contributed by atoms with Crippen molar-refractivity contribution in [2.45, 2.75) is 32.7 Å². The molecule has 5 heteroatoms. The third-order valence-electron chi connectivity index (χ3n) is 2.46. The lowest BCUT2D eigenvalue weighted by Gasteiger charge is -2.33. The SMILES string of the molecule is C[SiH2]O[Si](C)(C)O[Si](C)(C)c1ccccc1. The molecule has 0 saturated carbocycles. The molecule has 0 heterocycles. The van der Waals surface area contributed by atoms with E-state index >= 15 is 0 Å². The molecule has 1 aromatic rings. The maximum Gasteiger partial charge on any atom is 0.311 e. The standard InChI is InChI=1S/C11H22O2Si3/c1-14-12-16(4,5)13-15(2,3)11-9-7-6-8-10-11/h6-10H,14H2,1-5H3. The van der Waals surface area contributed by atoms with E-state index in [1.165, 1.54) is 5.19 Å². The quantitative estimate of drug-likeness (QED) is 0.762. The summed E-state index contributed by atoms with van der Waals surface area (Å²) in [5.41, 5.74) is 0. The van der Waals surface area contributed by atoms with Crippen molar-refractivity contribution in [1.29, 1.82) is 0 Å². The first-order valence-corrected chi connectivity index (χ1v) is 13.5. The molecule has 16 heavy (non-hydrogen) atoms. The molecule has 0 aliphatic rings. The highest BCUT2D eigenvalue weighted by molar-refractivity contribution is 6.91. The van der Waals surface area contributed by atoms with E-state index in [2.05, 4.69) is 57.0 Å². The van der Waals surface area contributed by atoms with Gasteiger partial charge in [0.2, 0.25) is 8.32 Å². The fraction of sp³-hybridized carbons (Fsp3) is 0.455. The van der Waals surface area contributed by atoms with Gasteiger partial charge in [-0.2, -0.15) is 0 Å². The molecule has 0 atom stereocenters. The highest BCUT2D eigenvalue weighted by Crippen LogP contribution is 2.15. The average Bonchev–Trinajstić information content (AvgIpc) is 2.17. The second-order valence-electron chi connectivity index (χ2n) is 4.81. The number of rotatable bonds is 5. The molecule has 1 rings (SSSR count). The van der Waals surface area contributed by atoms with Gasteiger partial charge in [0.15, 0.2) is 0 Å². The predicted molar refractivity (Wildman–Crippen MR) is 77.6 cm³/mol. The van der Waals surface area contributed by atoms with E-state index in [-0.39, 0.29) is 9.76 Å². The van der Waals surface area contributed by atoms with Crippen molar-refractivity contribution >= 4 is 31.8 Å². The molecule has 0 aliphatic heterocycles. The highest BCUT2D eigenvalue weighted by Gasteiger charge is 2.35. The molecule has 0 spiro atoms. The first-order valence-electron chi connectivity index (χ1n) is 5.77. The van der Waals surface area contributed by atoms with Crippen LogP contribution >= 0.6 is 0 Å². The Labute approximate surface area is 103 Å². The summed E-state index contributed by atoms with van der Waals surface area (Å²) in [6.45, 7) is 11.0. The van der Waals surface area contributed by atoms with E-state index in [4.69, 9.17) is 8.23 Å². The minimum absolute atomic E-state index is 0.380. The van der Waals surface area contributed by atoms with Gasteiger partial charge in [0.1, 0.15) is 9.76 Å². The normalized spacial score (nSPS) is 13.6. The van der Waals surface area contributed by atoms with Crippen LogP contribution in [0.1, 0.15) is 0 Å². The molecule has 90 valence electrons. The lowest BCUT2D eigenvalue weighted by Crippen LogP contribution is -2.54. The zero-order chi connectivity index (χ0) is 12.2. The van der Waals surface area contributed by atoms with Gasteiger partial charge in [-0.15, -0.1) is 0 Å². The Balaban J connectivity index is 2.79. The number of benzene rings is 1. The third kappa shape index (κ3) is 3.99. The number of hydrogen-bond acceptors (Lipinski definition) is 2. The molecule has 2 nitrogen and oxygen atoms in total. The fourth-order valence-corrected chi connectivity index (χ4v) is 11.8. The largest absolute Gasteiger partial charge is 0.442 e. The average molecular weight is 271 g/mol. The lowest BCUT2D eigenvalue weighted by molar-refractivity contribution is 0.415. The predicted octanol–water partition coefficient (Wildman–Crippen LogP) is 1.97. The summed E-state index contributed by atoms with van der Waals surface area (Å²) in [4.78, 5) is 0. The van der Waals surface area contributed by atoms with E-state index < -0.39 is 16.9 Å². The van der Waals surface area contributed by atoms with Crippen molar-refractivity contribution in [3.63, 3.8) is 0 Å². The molecule has 0 saturated heterocycles. The van der Waals surface area contributed by atoms with E-state index in [1.807, 2.05) is 6.07 Å². The van der Waals surface area contributed by atoms with Gasteiger partial charge in [-0.3, -0.25) is 0 Å². The fourth-order valence-electron chi connectivity index (χ4n) is 1.89. The van der Waals surface area contributed by atoms with Crippen molar-refractivity contribution in [3.8, 4) is 0 Å². The van der Waals surface area contributed by atoms with Crippen molar-refractivity contribution in [2.24, 2.45) is 0 Å². The van der Waals surface area contributed by atoms with Gasteiger partial charge in [0, 0.05) is 0 Å². The molecule has 0 bridgehead atoms. The highest BCUT2D eigenvalue weighted by atomic mass is 28.5. The maximum absolute atomic E-state index is 6.34. The van der Waals surface area contributed by atoms with Gasteiger partial charge in [-0.05, 0) is 31.4 Å². The van der Waals surface area contributed by atoms with Gasteiger partial charge < -0.3 is 8.23 Å². The van der Waals surface area contributed by atoms with Gasteiger partial charge in [0.25, 0.3) is 0 Å². The summed E-state index contributed by atoms with van der Waals surface area (Å²) in [7, 11) is -4.07. The second kappa shape index (κ2) is 5.42. The Morgan fingerprint density at radius 1 is 1.00 bits per heavy atom. The topological polar surface area (TPSA) is 18.5 Å². The van der Waals surface area contributed by atoms with Crippen molar-refractivity contribution in [3.05, 3.63) is 30.3 Å². The summed E-state index contributed by atoms with van der Waals surface area (Å²) < 4.78 is 12.2. The summed E-state index contributed by atoms with van der Waals surface area (Å²) in [5, 5.41) is 1.34. The summed E-state index contributed by atoms with van der Waals surface area (Å²) in [6.07, 6.45) is 0. The Hall–Kier alpha value is -0.209.